The van der Waals surface area contributed by atoms with E-state index < -0.39 is 6.04 Å². The molecule has 1 heterocycles. The summed E-state index contributed by atoms with van der Waals surface area (Å²) in [6, 6.07) is 7.90. The van der Waals surface area contributed by atoms with Crippen LogP contribution in [0.2, 0.25) is 0 Å². The van der Waals surface area contributed by atoms with Crippen molar-refractivity contribution in [2.24, 2.45) is 11.7 Å². The summed E-state index contributed by atoms with van der Waals surface area (Å²) in [6.45, 7) is 8.92. The number of hydrogen-bond acceptors (Lipinski definition) is 4. The lowest BCUT2D eigenvalue weighted by molar-refractivity contribution is -0.123. The molecule has 6 heteroatoms. The molecule has 1 aromatic rings. The highest BCUT2D eigenvalue weighted by atomic mass is 35.5. The summed E-state index contributed by atoms with van der Waals surface area (Å²) in [4.78, 5) is 14.3. The van der Waals surface area contributed by atoms with Gasteiger partial charge < -0.3 is 15.8 Å². The zero-order valence-electron chi connectivity index (χ0n) is 14.0. The second-order valence-electron chi connectivity index (χ2n) is 6.20. The monoisotopic (exact) mass is 341 g/mol. The fraction of sp³-hybridized carbons (Fsp3) is 0.588. The number of hydrogen-bond donors (Lipinski definition) is 2. The van der Waals surface area contributed by atoms with Gasteiger partial charge in [-0.1, -0.05) is 38.1 Å². The van der Waals surface area contributed by atoms with Crippen LogP contribution in [0.15, 0.2) is 24.3 Å². The van der Waals surface area contributed by atoms with Gasteiger partial charge in [0, 0.05) is 26.2 Å². The van der Waals surface area contributed by atoms with Gasteiger partial charge in [-0.25, -0.2) is 0 Å². The first kappa shape index (κ1) is 19.9. The van der Waals surface area contributed by atoms with E-state index in [4.69, 9.17) is 10.5 Å². The molecular weight excluding hydrogens is 314 g/mol. The Kier molecular flexibility index (Phi) is 8.55. The normalized spacial score (nSPS) is 16.7. The largest absolute Gasteiger partial charge is 0.379 e. The zero-order chi connectivity index (χ0) is 15.9. The molecule has 0 radical (unpaired) electrons. The zero-order valence-corrected chi connectivity index (χ0v) is 14.8. The first-order chi connectivity index (χ1) is 10.6. The van der Waals surface area contributed by atoms with E-state index in [0.717, 1.165) is 38.4 Å². The molecule has 1 saturated heterocycles. The summed E-state index contributed by atoms with van der Waals surface area (Å²) in [5, 5.41) is 2.91. The van der Waals surface area contributed by atoms with Crippen molar-refractivity contribution in [3.8, 4) is 0 Å². The van der Waals surface area contributed by atoms with Crippen molar-refractivity contribution in [2.45, 2.75) is 33.0 Å². The van der Waals surface area contributed by atoms with Gasteiger partial charge in [0.25, 0.3) is 0 Å². The lowest BCUT2D eigenvalue weighted by Crippen LogP contribution is -2.43. The molecule has 2 rings (SSSR count). The minimum atomic E-state index is -0.448. The summed E-state index contributed by atoms with van der Waals surface area (Å²) in [6.07, 6.45) is 0. The fourth-order valence-corrected chi connectivity index (χ4v) is 2.47. The van der Waals surface area contributed by atoms with Gasteiger partial charge in [-0.3, -0.25) is 9.69 Å². The number of nitrogens with zero attached hydrogens (tertiary/aromatic N) is 1. The smallest absolute Gasteiger partial charge is 0.237 e. The SMILES string of the molecule is CC(C)[C@H](N)C(=O)NCc1cccc(CN2CCOCC2)c1.Cl. The third-order valence-corrected chi connectivity index (χ3v) is 3.99. The van der Waals surface area contributed by atoms with Crippen molar-refractivity contribution in [3.63, 3.8) is 0 Å². The van der Waals surface area contributed by atoms with Gasteiger partial charge in [-0.2, -0.15) is 0 Å². The Morgan fingerprint density at radius 2 is 1.96 bits per heavy atom. The maximum Gasteiger partial charge on any atom is 0.237 e. The van der Waals surface area contributed by atoms with Crippen LogP contribution >= 0.6 is 12.4 Å². The van der Waals surface area contributed by atoms with Crippen LogP contribution in [0.1, 0.15) is 25.0 Å². The first-order valence-electron chi connectivity index (χ1n) is 7.97. The van der Waals surface area contributed by atoms with Gasteiger partial charge in [0.1, 0.15) is 0 Å². The number of carbonyl (C=O) groups excluding carboxylic acids is 1. The second-order valence-corrected chi connectivity index (χ2v) is 6.20. The Labute approximate surface area is 145 Å². The average molecular weight is 342 g/mol. The van der Waals surface area contributed by atoms with E-state index in [0.29, 0.717) is 6.54 Å². The molecule has 1 aromatic carbocycles. The summed E-state index contributed by atoms with van der Waals surface area (Å²) < 4.78 is 5.37. The Morgan fingerprint density at radius 3 is 2.61 bits per heavy atom. The van der Waals surface area contributed by atoms with Crippen molar-refractivity contribution < 1.29 is 9.53 Å². The predicted molar refractivity (Wildman–Crippen MR) is 94.4 cm³/mol. The van der Waals surface area contributed by atoms with E-state index in [1.165, 1.54) is 5.56 Å². The van der Waals surface area contributed by atoms with E-state index in [9.17, 15) is 4.79 Å². The second kappa shape index (κ2) is 9.88. The molecule has 1 fully saturated rings. The fourth-order valence-electron chi connectivity index (χ4n) is 2.47. The highest BCUT2D eigenvalue weighted by Gasteiger charge is 2.16. The predicted octanol–water partition coefficient (Wildman–Crippen LogP) is 1.54. The van der Waals surface area contributed by atoms with Gasteiger partial charge in [0.2, 0.25) is 5.91 Å². The summed E-state index contributed by atoms with van der Waals surface area (Å²) in [7, 11) is 0. The van der Waals surface area contributed by atoms with Crippen molar-refractivity contribution in [1.82, 2.24) is 10.2 Å². The molecule has 1 aliphatic rings. The maximum atomic E-state index is 11.9. The highest BCUT2D eigenvalue weighted by Crippen LogP contribution is 2.10. The minimum absolute atomic E-state index is 0. The molecule has 0 bridgehead atoms. The van der Waals surface area contributed by atoms with Gasteiger partial charge in [-0.05, 0) is 17.0 Å². The first-order valence-corrected chi connectivity index (χ1v) is 7.97. The molecule has 1 atom stereocenters. The molecule has 0 spiro atoms. The number of nitrogens with two attached hydrogens (primary N) is 1. The Morgan fingerprint density at radius 1 is 1.30 bits per heavy atom. The molecule has 3 N–H and O–H groups in total. The summed E-state index contributed by atoms with van der Waals surface area (Å²) >= 11 is 0. The van der Waals surface area contributed by atoms with Crippen LogP contribution in [0.3, 0.4) is 0 Å². The number of halogens is 1. The van der Waals surface area contributed by atoms with Gasteiger partial charge in [-0.15, -0.1) is 12.4 Å². The number of carbonyl (C=O) groups is 1. The topological polar surface area (TPSA) is 67.6 Å². The van der Waals surface area contributed by atoms with Crippen LogP contribution in [0, 0.1) is 5.92 Å². The standard InChI is InChI=1S/C17H27N3O2.ClH/c1-13(2)16(18)17(21)19-11-14-4-3-5-15(10-14)12-20-6-8-22-9-7-20;/h3-5,10,13,16H,6-9,11-12,18H2,1-2H3,(H,19,21);1H/t16-;/m0./s1. The number of morpholine rings is 1. The van der Waals surface area contributed by atoms with Crippen LogP contribution in [0.5, 0.6) is 0 Å². The quantitative estimate of drug-likeness (QED) is 0.823. The van der Waals surface area contributed by atoms with Crippen LogP contribution in [-0.2, 0) is 22.6 Å². The van der Waals surface area contributed by atoms with E-state index >= 15 is 0 Å². The lowest BCUT2D eigenvalue weighted by Gasteiger charge is -2.26. The van der Waals surface area contributed by atoms with E-state index in [1.54, 1.807) is 0 Å². The molecule has 0 saturated carbocycles. The van der Waals surface area contributed by atoms with E-state index in [2.05, 4.69) is 22.3 Å². The molecule has 0 aliphatic carbocycles. The Hall–Kier alpha value is -1.14. The molecule has 130 valence electrons. The number of amides is 1. The third-order valence-electron chi connectivity index (χ3n) is 3.99. The molecule has 0 aromatic heterocycles. The van der Waals surface area contributed by atoms with E-state index in [-0.39, 0.29) is 24.2 Å². The Bertz CT molecular complexity index is 490. The maximum absolute atomic E-state index is 11.9. The summed E-state index contributed by atoms with van der Waals surface area (Å²) in [5.74, 6) is 0.0567. The highest BCUT2D eigenvalue weighted by molar-refractivity contribution is 5.85. The van der Waals surface area contributed by atoms with Crippen LogP contribution < -0.4 is 11.1 Å². The van der Waals surface area contributed by atoms with Crippen molar-refractivity contribution in [1.29, 1.82) is 0 Å². The average Bonchev–Trinajstić information content (AvgIpc) is 2.53. The molecule has 5 nitrogen and oxygen atoms in total. The van der Waals surface area contributed by atoms with Crippen LogP contribution in [0.4, 0.5) is 0 Å². The van der Waals surface area contributed by atoms with Crippen molar-refractivity contribution >= 4 is 18.3 Å². The van der Waals surface area contributed by atoms with Gasteiger partial charge >= 0.3 is 0 Å². The number of nitrogens with one attached hydrogen (secondary N) is 1. The number of benzene rings is 1. The molecule has 0 unspecified atom stereocenters. The molecule has 1 aliphatic heterocycles. The van der Waals surface area contributed by atoms with Gasteiger partial charge in [0.05, 0.1) is 19.3 Å². The summed E-state index contributed by atoms with van der Waals surface area (Å²) in [5.41, 5.74) is 8.22. The number of ether oxygens (including phenoxy) is 1. The number of rotatable bonds is 6. The molecule has 1 amide bonds. The Balaban J connectivity index is 0.00000264. The third kappa shape index (κ3) is 6.47. The lowest BCUT2D eigenvalue weighted by atomic mass is 10.0. The van der Waals surface area contributed by atoms with Crippen molar-refractivity contribution in [3.05, 3.63) is 35.4 Å². The van der Waals surface area contributed by atoms with E-state index in [1.807, 2.05) is 26.0 Å². The minimum Gasteiger partial charge on any atom is -0.379 e. The molecule has 23 heavy (non-hydrogen) atoms. The van der Waals surface area contributed by atoms with Crippen LogP contribution in [0.25, 0.3) is 0 Å². The van der Waals surface area contributed by atoms with Crippen molar-refractivity contribution in [2.75, 3.05) is 26.3 Å². The van der Waals surface area contributed by atoms with Crippen LogP contribution in [-0.4, -0.2) is 43.2 Å². The van der Waals surface area contributed by atoms with Gasteiger partial charge in [0.15, 0.2) is 0 Å². The molecular formula is C17H28ClN3O2.